The Kier molecular flexibility index (Phi) is 4.57. The monoisotopic (exact) mass is 438 g/mol. The molecule has 3 N–H and O–H groups in total. The van der Waals surface area contributed by atoms with E-state index in [9.17, 15) is 24.9 Å². The first kappa shape index (κ1) is 21.8. The van der Waals surface area contributed by atoms with Crippen molar-refractivity contribution in [1.82, 2.24) is 0 Å². The van der Waals surface area contributed by atoms with Gasteiger partial charge in [0.15, 0.2) is 5.78 Å². The minimum atomic E-state index is -2.08. The van der Waals surface area contributed by atoms with Gasteiger partial charge in [0, 0.05) is 37.2 Å². The number of carbonyl (C=O) groups excluding carboxylic acids is 2. The van der Waals surface area contributed by atoms with Crippen LogP contribution >= 0.6 is 0 Å². The Morgan fingerprint density at radius 2 is 1.97 bits per heavy atom. The van der Waals surface area contributed by atoms with Crippen molar-refractivity contribution < 1.29 is 39.1 Å². The number of hydrogen-bond donors (Lipinski definition) is 3. The standard InChI is InChI=1S/C23H34O8/c1-11(24)31-15-5-6-20(2,3)17-19(27)23(28)22-8-12(13(9-29-4)18(22)26)7-14(25)16(22)21(15,17)10-30-23/h12-17,19,25,27-28H,5-10H2,1-4H3/t12-,13-,14+,15+,16-,17-,19+,21-,22+,23-/m1/s1. The molecule has 8 heteroatoms. The van der Waals surface area contributed by atoms with Gasteiger partial charge in [0.05, 0.1) is 24.7 Å². The first-order valence-electron chi connectivity index (χ1n) is 11.4. The van der Waals surface area contributed by atoms with Gasteiger partial charge in [0.2, 0.25) is 5.79 Å². The van der Waals surface area contributed by atoms with Crippen LogP contribution in [0.3, 0.4) is 0 Å². The number of ether oxygens (including phenoxy) is 3. The SMILES string of the molecule is COC[C@H]1C(=O)[C@]23C[C@H]1C[C@H](O)[C@@H]2[C@]12CO[C@]3(O)[C@@H](O)[C@@H]1C(C)(C)CC[C@@H]2OC(C)=O. The Labute approximate surface area is 182 Å². The summed E-state index contributed by atoms with van der Waals surface area (Å²) in [6.07, 6.45) is -0.829. The lowest BCUT2D eigenvalue weighted by Gasteiger charge is -2.74. The number of hydrogen-bond acceptors (Lipinski definition) is 8. The third kappa shape index (κ3) is 2.33. The molecule has 2 aliphatic heterocycles. The molecule has 4 bridgehead atoms. The number of aliphatic hydroxyl groups is 3. The Balaban J connectivity index is 1.74. The first-order chi connectivity index (χ1) is 14.5. The summed E-state index contributed by atoms with van der Waals surface area (Å²) in [7, 11) is 1.53. The van der Waals surface area contributed by atoms with Crippen LogP contribution in [0, 0.1) is 39.9 Å². The molecule has 0 aromatic heterocycles. The van der Waals surface area contributed by atoms with Crippen LogP contribution in [0.25, 0.3) is 0 Å². The van der Waals surface area contributed by atoms with Crippen molar-refractivity contribution in [3.05, 3.63) is 0 Å². The number of fused-ring (bicyclic) bond motifs is 2. The smallest absolute Gasteiger partial charge is 0.302 e. The zero-order valence-corrected chi connectivity index (χ0v) is 18.7. The quantitative estimate of drug-likeness (QED) is 0.549. The second-order valence-electron chi connectivity index (χ2n) is 11.3. The topological polar surface area (TPSA) is 123 Å². The highest BCUT2D eigenvalue weighted by Crippen LogP contribution is 2.76. The third-order valence-electron chi connectivity index (χ3n) is 9.59. The number of esters is 1. The van der Waals surface area contributed by atoms with E-state index in [0.29, 0.717) is 25.7 Å². The molecule has 6 aliphatic rings. The number of carbonyl (C=O) groups is 2. The van der Waals surface area contributed by atoms with E-state index < -0.39 is 64.1 Å². The molecule has 174 valence electrons. The van der Waals surface area contributed by atoms with E-state index in [2.05, 4.69) is 0 Å². The summed E-state index contributed by atoms with van der Waals surface area (Å²) < 4.78 is 17.1. The molecular formula is C23H34O8. The van der Waals surface area contributed by atoms with Crippen LogP contribution < -0.4 is 0 Å². The predicted molar refractivity (Wildman–Crippen MR) is 106 cm³/mol. The van der Waals surface area contributed by atoms with Crippen molar-refractivity contribution in [2.45, 2.75) is 70.6 Å². The van der Waals surface area contributed by atoms with Gasteiger partial charge in [0.25, 0.3) is 0 Å². The van der Waals surface area contributed by atoms with Gasteiger partial charge in [-0.2, -0.15) is 0 Å². The van der Waals surface area contributed by atoms with Gasteiger partial charge in [-0.1, -0.05) is 13.8 Å². The van der Waals surface area contributed by atoms with Gasteiger partial charge >= 0.3 is 5.97 Å². The van der Waals surface area contributed by atoms with E-state index in [0.717, 1.165) is 0 Å². The van der Waals surface area contributed by atoms with Gasteiger partial charge in [-0.05, 0) is 37.0 Å². The molecular weight excluding hydrogens is 404 g/mol. The zero-order valence-electron chi connectivity index (χ0n) is 18.7. The molecule has 0 amide bonds. The fourth-order valence-electron chi connectivity index (χ4n) is 8.81. The molecule has 2 saturated heterocycles. The lowest BCUT2D eigenvalue weighted by atomic mass is 9.35. The van der Waals surface area contributed by atoms with Crippen molar-refractivity contribution >= 4 is 11.8 Å². The fraction of sp³-hybridized carbons (Fsp3) is 0.913. The lowest BCUT2D eigenvalue weighted by Crippen LogP contribution is -2.85. The summed E-state index contributed by atoms with van der Waals surface area (Å²) in [5, 5.41) is 35.0. The molecule has 8 nitrogen and oxygen atoms in total. The summed E-state index contributed by atoms with van der Waals surface area (Å²) in [6, 6.07) is 0. The number of aliphatic hydroxyl groups excluding tert-OH is 2. The Morgan fingerprint density at radius 3 is 2.61 bits per heavy atom. The van der Waals surface area contributed by atoms with Gasteiger partial charge < -0.3 is 29.5 Å². The summed E-state index contributed by atoms with van der Waals surface area (Å²) in [5.74, 6) is -4.51. The number of ketones is 1. The molecule has 2 spiro atoms. The molecule has 0 radical (unpaired) electrons. The molecule has 6 fully saturated rings. The lowest BCUT2D eigenvalue weighted by molar-refractivity contribution is -0.455. The normalized spacial score (nSPS) is 54.3. The highest BCUT2D eigenvalue weighted by Gasteiger charge is 2.86. The Bertz CT molecular complexity index is 811. The third-order valence-corrected chi connectivity index (χ3v) is 9.59. The number of Topliss-reactive ketones (excluding diaryl/α,β-unsaturated/α-hetero) is 1. The zero-order chi connectivity index (χ0) is 22.6. The first-order valence-corrected chi connectivity index (χ1v) is 11.4. The van der Waals surface area contributed by atoms with E-state index in [4.69, 9.17) is 14.2 Å². The maximum atomic E-state index is 13.9. The largest absolute Gasteiger partial charge is 0.462 e. The summed E-state index contributed by atoms with van der Waals surface area (Å²) in [4.78, 5) is 26.0. The van der Waals surface area contributed by atoms with E-state index in [-0.39, 0.29) is 24.9 Å². The molecule has 0 aromatic rings. The van der Waals surface area contributed by atoms with E-state index >= 15 is 0 Å². The highest BCUT2D eigenvalue weighted by atomic mass is 16.6. The molecule has 2 heterocycles. The number of methoxy groups -OCH3 is 1. The van der Waals surface area contributed by atoms with Crippen molar-refractivity contribution in [3.63, 3.8) is 0 Å². The van der Waals surface area contributed by atoms with E-state index in [1.54, 1.807) is 0 Å². The Morgan fingerprint density at radius 1 is 1.26 bits per heavy atom. The van der Waals surface area contributed by atoms with Crippen molar-refractivity contribution in [2.75, 3.05) is 20.3 Å². The second kappa shape index (κ2) is 6.50. The van der Waals surface area contributed by atoms with Gasteiger partial charge in [0.1, 0.15) is 12.2 Å². The van der Waals surface area contributed by atoms with Crippen LogP contribution in [-0.4, -0.2) is 71.5 Å². The van der Waals surface area contributed by atoms with Crippen LogP contribution in [0.1, 0.15) is 46.5 Å². The molecule has 10 atom stereocenters. The fourth-order valence-corrected chi connectivity index (χ4v) is 8.81. The van der Waals surface area contributed by atoms with Crippen molar-refractivity contribution in [2.24, 2.45) is 39.9 Å². The van der Waals surface area contributed by atoms with Crippen LogP contribution in [0.5, 0.6) is 0 Å². The number of rotatable bonds is 3. The van der Waals surface area contributed by atoms with E-state index in [1.807, 2.05) is 13.8 Å². The van der Waals surface area contributed by atoms with Crippen LogP contribution in [-0.2, 0) is 23.8 Å². The van der Waals surface area contributed by atoms with Crippen molar-refractivity contribution in [1.29, 1.82) is 0 Å². The molecule has 0 aromatic carbocycles. The summed E-state index contributed by atoms with van der Waals surface area (Å²) >= 11 is 0. The molecule has 4 aliphatic carbocycles. The van der Waals surface area contributed by atoms with Crippen molar-refractivity contribution in [3.8, 4) is 0 Å². The Hall–Kier alpha value is -1.06. The summed E-state index contributed by atoms with van der Waals surface area (Å²) in [6.45, 7) is 5.65. The predicted octanol–water partition coefficient (Wildman–Crippen LogP) is 0.653. The maximum Gasteiger partial charge on any atom is 0.302 e. The van der Waals surface area contributed by atoms with Crippen LogP contribution in [0.4, 0.5) is 0 Å². The minimum absolute atomic E-state index is 0.0307. The molecule has 4 saturated carbocycles. The van der Waals surface area contributed by atoms with Crippen LogP contribution in [0.2, 0.25) is 0 Å². The molecule has 0 unspecified atom stereocenters. The summed E-state index contributed by atoms with van der Waals surface area (Å²) in [5.41, 5.74) is -2.81. The molecule has 31 heavy (non-hydrogen) atoms. The second-order valence-corrected chi connectivity index (χ2v) is 11.3. The highest BCUT2D eigenvalue weighted by molar-refractivity contribution is 5.92. The van der Waals surface area contributed by atoms with Crippen LogP contribution in [0.15, 0.2) is 0 Å². The molecule has 6 rings (SSSR count). The van der Waals surface area contributed by atoms with Gasteiger partial charge in [-0.25, -0.2) is 0 Å². The maximum absolute atomic E-state index is 13.9. The van der Waals surface area contributed by atoms with Gasteiger partial charge in [-0.15, -0.1) is 0 Å². The average Bonchev–Trinajstić information content (AvgIpc) is 2.88. The van der Waals surface area contributed by atoms with E-state index in [1.165, 1.54) is 14.0 Å². The minimum Gasteiger partial charge on any atom is -0.462 e. The van der Waals surface area contributed by atoms with Gasteiger partial charge in [-0.3, -0.25) is 9.59 Å². The average molecular weight is 439 g/mol.